The Morgan fingerprint density at radius 2 is 1.95 bits per heavy atom. The first-order valence-electron chi connectivity index (χ1n) is 7.02. The van der Waals surface area contributed by atoms with Crippen LogP contribution in [0.15, 0.2) is 12.2 Å². The van der Waals surface area contributed by atoms with Gasteiger partial charge in [0.25, 0.3) is 0 Å². The molecule has 1 aliphatic heterocycles. The number of nitrogens with zero attached hydrogens (tertiary/aromatic N) is 1. The van der Waals surface area contributed by atoms with E-state index in [1.807, 2.05) is 6.08 Å². The maximum Gasteiger partial charge on any atom is 0.406 e. The summed E-state index contributed by atoms with van der Waals surface area (Å²) in [5.41, 5.74) is -2.81. The molecule has 1 N–H and O–H groups in total. The van der Waals surface area contributed by atoms with Gasteiger partial charge in [0.15, 0.2) is 5.41 Å². The molecule has 7 heteroatoms. The van der Waals surface area contributed by atoms with Crippen LogP contribution in [0.3, 0.4) is 0 Å². The first-order chi connectivity index (χ1) is 9.74. The normalized spacial score (nSPS) is 38.2. The molecular weight excluding hydrogens is 287 g/mol. The average molecular weight is 303 g/mol. The van der Waals surface area contributed by atoms with E-state index in [4.69, 9.17) is 5.11 Å². The Labute approximate surface area is 119 Å². The zero-order valence-corrected chi connectivity index (χ0v) is 11.3. The molecular formula is C14H16F3NO3. The minimum Gasteiger partial charge on any atom is -0.481 e. The lowest BCUT2D eigenvalue weighted by molar-refractivity contribution is -0.227. The summed E-state index contributed by atoms with van der Waals surface area (Å²) < 4.78 is 39.3. The van der Waals surface area contributed by atoms with Gasteiger partial charge in [-0.1, -0.05) is 12.2 Å². The summed E-state index contributed by atoms with van der Waals surface area (Å²) in [6.45, 7) is -0.898. The zero-order valence-electron chi connectivity index (χ0n) is 11.3. The molecule has 21 heavy (non-hydrogen) atoms. The fraction of sp³-hybridized carbons (Fsp3) is 0.714. The van der Waals surface area contributed by atoms with Crippen LogP contribution in [-0.4, -0.2) is 41.1 Å². The second-order valence-electron chi connectivity index (χ2n) is 6.28. The summed E-state index contributed by atoms with van der Waals surface area (Å²) in [6.07, 6.45) is 0.156. The molecule has 1 heterocycles. The highest BCUT2D eigenvalue weighted by Gasteiger charge is 2.64. The van der Waals surface area contributed by atoms with Gasteiger partial charge in [-0.3, -0.25) is 9.59 Å². The van der Waals surface area contributed by atoms with Crippen molar-refractivity contribution < 1.29 is 27.9 Å². The molecule has 4 nitrogen and oxygen atoms in total. The van der Waals surface area contributed by atoms with Crippen molar-refractivity contribution in [3.8, 4) is 0 Å². The van der Waals surface area contributed by atoms with E-state index >= 15 is 0 Å². The van der Waals surface area contributed by atoms with Crippen molar-refractivity contribution in [2.24, 2.45) is 23.2 Å². The van der Waals surface area contributed by atoms with E-state index in [2.05, 4.69) is 6.08 Å². The van der Waals surface area contributed by atoms with Crippen LogP contribution in [-0.2, 0) is 9.59 Å². The topological polar surface area (TPSA) is 57.6 Å². The Hall–Kier alpha value is -1.53. The van der Waals surface area contributed by atoms with E-state index in [1.54, 1.807) is 0 Å². The molecule has 0 aromatic carbocycles. The van der Waals surface area contributed by atoms with Crippen molar-refractivity contribution >= 4 is 11.9 Å². The highest BCUT2D eigenvalue weighted by atomic mass is 19.4. The Balaban J connectivity index is 1.76. The van der Waals surface area contributed by atoms with Gasteiger partial charge in [-0.05, 0) is 31.1 Å². The van der Waals surface area contributed by atoms with Gasteiger partial charge in [-0.15, -0.1) is 0 Å². The number of aliphatic carboxylic acids is 1. The minimum atomic E-state index is -4.84. The number of fused-ring (bicyclic) bond motifs is 2. The van der Waals surface area contributed by atoms with E-state index in [9.17, 15) is 22.8 Å². The average Bonchev–Trinajstić information content (AvgIpc) is 3.11. The molecule has 4 atom stereocenters. The molecule has 2 aliphatic carbocycles. The van der Waals surface area contributed by atoms with E-state index in [0.29, 0.717) is 12.3 Å². The standard InChI is InChI=1S/C14H16F3NO3/c15-14(16,17)13(12(20)21)3-4-18(7-13)11(19)10-6-8-1-2-9(10)5-8/h1-2,8-10H,3-7H2,(H,20,21)/t8-,9-,10+,13-/m0/s1. The van der Waals surface area contributed by atoms with Gasteiger partial charge < -0.3 is 10.0 Å². The number of amides is 1. The molecule has 1 saturated heterocycles. The van der Waals surface area contributed by atoms with E-state index in [1.165, 1.54) is 0 Å². The third-order valence-electron chi connectivity index (χ3n) is 5.13. The lowest BCUT2D eigenvalue weighted by Gasteiger charge is -2.29. The van der Waals surface area contributed by atoms with Gasteiger partial charge in [-0.2, -0.15) is 13.2 Å². The number of hydrogen-bond acceptors (Lipinski definition) is 2. The lowest BCUT2D eigenvalue weighted by Crippen LogP contribution is -2.48. The molecule has 3 aliphatic rings. The van der Waals surface area contributed by atoms with E-state index < -0.39 is 30.5 Å². The highest BCUT2D eigenvalue weighted by Crippen LogP contribution is 2.48. The van der Waals surface area contributed by atoms with Crippen molar-refractivity contribution in [1.82, 2.24) is 4.90 Å². The molecule has 1 saturated carbocycles. The lowest BCUT2D eigenvalue weighted by atomic mass is 9.86. The van der Waals surface area contributed by atoms with Gasteiger partial charge in [0, 0.05) is 19.0 Å². The number of carbonyl (C=O) groups is 2. The van der Waals surface area contributed by atoms with Gasteiger partial charge in [-0.25, -0.2) is 0 Å². The number of alkyl halides is 3. The first kappa shape index (κ1) is 14.4. The first-order valence-corrected chi connectivity index (χ1v) is 7.02. The van der Waals surface area contributed by atoms with E-state index in [0.717, 1.165) is 11.3 Å². The van der Waals surface area contributed by atoms with Gasteiger partial charge >= 0.3 is 12.1 Å². The number of carboxylic acid groups (broad SMARTS) is 1. The van der Waals surface area contributed by atoms with Crippen LogP contribution in [0.25, 0.3) is 0 Å². The van der Waals surface area contributed by atoms with Crippen LogP contribution < -0.4 is 0 Å². The summed E-state index contributed by atoms with van der Waals surface area (Å²) >= 11 is 0. The summed E-state index contributed by atoms with van der Waals surface area (Å²) in [4.78, 5) is 24.6. The number of carboxylic acids is 1. The third-order valence-corrected chi connectivity index (χ3v) is 5.13. The molecule has 0 spiro atoms. The molecule has 0 aromatic heterocycles. The summed E-state index contributed by atoms with van der Waals surface area (Å²) in [7, 11) is 0. The number of rotatable bonds is 2. The second kappa shape index (κ2) is 4.48. The molecule has 1 amide bonds. The predicted molar refractivity (Wildman–Crippen MR) is 66.2 cm³/mol. The van der Waals surface area contributed by atoms with Gasteiger partial charge in [0.05, 0.1) is 0 Å². The van der Waals surface area contributed by atoms with Crippen molar-refractivity contribution in [3.05, 3.63) is 12.2 Å². The van der Waals surface area contributed by atoms with Crippen LogP contribution in [0.2, 0.25) is 0 Å². The number of halogens is 3. The summed E-state index contributed by atoms with van der Waals surface area (Å²) in [5.74, 6) is -2.04. The summed E-state index contributed by atoms with van der Waals surface area (Å²) in [5, 5.41) is 9.00. The van der Waals surface area contributed by atoms with Crippen molar-refractivity contribution in [2.75, 3.05) is 13.1 Å². The SMILES string of the molecule is O=C([C@@H]1C[C@H]2C=C[C@H]1C2)N1CC[C@](C(=O)O)(C(F)(F)F)C1. The largest absolute Gasteiger partial charge is 0.481 e. The Bertz CT molecular complexity index is 516. The number of carbonyl (C=O) groups excluding carboxylic acids is 1. The fourth-order valence-electron chi connectivity index (χ4n) is 3.82. The van der Waals surface area contributed by atoms with E-state index in [-0.39, 0.29) is 24.3 Å². The molecule has 0 aromatic rings. The number of allylic oxidation sites excluding steroid dienone is 2. The minimum absolute atomic E-state index is 0.105. The van der Waals surface area contributed by atoms with Crippen molar-refractivity contribution in [3.63, 3.8) is 0 Å². The molecule has 0 unspecified atom stereocenters. The quantitative estimate of drug-likeness (QED) is 0.795. The summed E-state index contributed by atoms with van der Waals surface area (Å²) in [6, 6.07) is 0. The maximum atomic E-state index is 13.1. The van der Waals surface area contributed by atoms with Gasteiger partial charge in [0.2, 0.25) is 5.91 Å². The van der Waals surface area contributed by atoms with Crippen molar-refractivity contribution in [2.45, 2.75) is 25.4 Å². The fourth-order valence-corrected chi connectivity index (χ4v) is 3.82. The Kier molecular flexibility index (Phi) is 3.07. The molecule has 116 valence electrons. The Morgan fingerprint density at radius 3 is 2.38 bits per heavy atom. The second-order valence-corrected chi connectivity index (χ2v) is 6.28. The van der Waals surface area contributed by atoms with Crippen LogP contribution in [0, 0.1) is 23.2 Å². The molecule has 2 bridgehead atoms. The predicted octanol–water partition coefficient (Wildman–Crippen LogP) is 2.06. The molecule has 2 fully saturated rings. The van der Waals surface area contributed by atoms with Gasteiger partial charge in [0.1, 0.15) is 0 Å². The van der Waals surface area contributed by atoms with Crippen LogP contribution in [0.1, 0.15) is 19.3 Å². The van der Waals surface area contributed by atoms with Crippen LogP contribution >= 0.6 is 0 Å². The molecule has 0 radical (unpaired) electrons. The monoisotopic (exact) mass is 303 g/mol. The number of likely N-dealkylation sites (tertiary alicyclic amines) is 1. The van der Waals surface area contributed by atoms with Crippen molar-refractivity contribution in [1.29, 1.82) is 0 Å². The third kappa shape index (κ3) is 2.05. The smallest absolute Gasteiger partial charge is 0.406 e. The van der Waals surface area contributed by atoms with Crippen LogP contribution in [0.4, 0.5) is 13.2 Å². The highest BCUT2D eigenvalue weighted by molar-refractivity contribution is 5.83. The number of hydrogen-bond donors (Lipinski definition) is 1. The maximum absolute atomic E-state index is 13.1. The van der Waals surface area contributed by atoms with Crippen LogP contribution in [0.5, 0.6) is 0 Å². The zero-order chi connectivity index (χ0) is 15.4. The molecule has 3 rings (SSSR count). The Morgan fingerprint density at radius 1 is 1.24 bits per heavy atom.